The number of hydrogen-bond acceptors (Lipinski definition) is 2. The summed E-state index contributed by atoms with van der Waals surface area (Å²) in [4.78, 5) is 0. The van der Waals surface area contributed by atoms with Gasteiger partial charge in [0, 0.05) is 16.7 Å². The van der Waals surface area contributed by atoms with Crippen LogP contribution >= 0.6 is 15.9 Å². The zero-order valence-electron chi connectivity index (χ0n) is 12.2. The quantitative estimate of drug-likeness (QED) is 0.722. The smallest absolute Gasteiger partial charge is 0.125 e. The lowest BCUT2D eigenvalue weighted by Gasteiger charge is -2.15. The van der Waals surface area contributed by atoms with Crippen LogP contribution in [0.5, 0.6) is 5.75 Å². The Morgan fingerprint density at radius 1 is 1.19 bits per heavy atom. The topological polar surface area (TPSA) is 21.3 Å². The lowest BCUT2D eigenvalue weighted by atomic mass is 10.0. The third-order valence-corrected chi connectivity index (χ3v) is 3.60. The van der Waals surface area contributed by atoms with Crippen LogP contribution in [0.2, 0.25) is 0 Å². The largest absolute Gasteiger partial charge is 0.491 e. The van der Waals surface area contributed by atoms with Crippen LogP contribution in [-0.2, 0) is 0 Å². The van der Waals surface area contributed by atoms with Crippen molar-refractivity contribution in [1.29, 1.82) is 0 Å². The Balaban J connectivity index is 1.89. The molecular weight excluding hydrogens is 333 g/mol. The van der Waals surface area contributed by atoms with Crippen LogP contribution in [0.4, 0.5) is 10.1 Å². The highest BCUT2D eigenvalue weighted by Crippen LogP contribution is 2.29. The molecule has 0 saturated heterocycles. The van der Waals surface area contributed by atoms with E-state index in [9.17, 15) is 4.39 Å². The lowest BCUT2D eigenvalue weighted by molar-refractivity contribution is 0.328. The van der Waals surface area contributed by atoms with Crippen molar-refractivity contribution >= 4 is 21.6 Å². The molecule has 0 aliphatic rings. The summed E-state index contributed by atoms with van der Waals surface area (Å²) < 4.78 is 19.9. The summed E-state index contributed by atoms with van der Waals surface area (Å²) in [5, 5.41) is 3.14. The van der Waals surface area contributed by atoms with E-state index in [-0.39, 0.29) is 5.82 Å². The molecule has 4 heteroatoms. The molecule has 0 radical (unpaired) electrons. The Morgan fingerprint density at radius 2 is 2.00 bits per heavy atom. The van der Waals surface area contributed by atoms with Crippen molar-refractivity contribution in [3.8, 4) is 5.75 Å². The van der Waals surface area contributed by atoms with Gasteiger partial charge in [0.15, 0.2) is 0 Å². The number of hydrogen-bond donors (Lipinski definition) is 1. The summed E-state index contributed by atoms with van der Waals surface area (Å²) in [6.07, 6.45) is 0. The molecule has 21 heavy (non-hydrogen) atoms. The molecule has 0 fully saturated rings. The molecule has 0 heterocycles. The van der Waals surface area contributed by atoms with Gasteiger partial charge in [-0.25, -0.2) is 4.39 Å². The summed E-state index contributed by atoms with van der Waals surface area (Å²) >= 11 is 3.48. The molecule has 0 saturated carbocycles. The van der Waals surface area contributed by atoms with Crippen LogP contribution < -0.4 is 10.1 Å². The summed E-state index contributed by atoms with van der Waals surface area (Å²) in [5.41, 5.74) is 1.94. The van der Waals surface area contributed by atoms with E-state index in [0.29, 0.717) is 19.1 Å². The van der Waals surface area contributed by atoms with Crippen molar-refractivity contribution in [3.63, 3.8) is 0 Å². The summed E-state index contributed by atoms with van der Waals surface area (Å²) in [7, 11) is 0. The Morgan fingerprint density at radius 3 is 2.71 bits per heavy atom. The highest BCUT2D eigenvalue weighted by atomic mass is 79.9. The van der Waals surface area contributed by atoms with Crippen LogP contribution in [0, 0.1) is 5.82 Å². The standard InChI is InChI=1S/C17H19BrFNO/c1-12(2)16-10-13(18)6-7-17(16)21-9-8-20-15-5-3-4-14(19)11-15/h3-7,10-12,20H,8-9H2,1-2H3. The number of halogens is 2. The van der Waals surface area contributed by atoms with Gasteiger partial charge in [-0.15, -0.1) is 0 Å². The maximum Gasteiger partial charge on any atom is 0.125 e. The third kappa shape index (κ3) is 4.74. The van der Waals surface area contributed by atoms with Gasteiger partial charge in [-0.3, -0.25) is 0 Å². The van der Waals surface area contributed by atoms with Crippen LogP contribution in [0.3, 0.4) is 0 Å². The molecule has 0 aliphatic heterocycles. The minimum atomic E-state index is -0.240. The molecule has 0 atom stereocenters. The number of ether oxygens (including phenoxy) is 1. The van der Waals surface area contributed by atoms with Gasteiger partial charge in [0.2, 0.25) is 0 Å². The van der Waals surface area contributed by atoms with E-state index >= 15 is 0 Å². The average molecular weight is 352 g/mol. The summed E-state index contributed by atoms with van der Waals surface area (Å²) in [6, 6.07) is 12.5. The van der Waals surface area contributed by atoms with Crippen molar-refractivity contribution in [2.45, 2.75) is 19.8 Å². The Hall–Kier alpha value is -1.55. The zero-order chi connectivity index (χ0) is 15.2. The first-order valence-electron chi connectivity index (χ1n) is 6.98. The van der Waals surface area contributed by atoms with E-state index in [0.717, 1.165) is 15.9 Å². The van der Waals surface area contributed by atoms with Gasteiger partial charge in [-0.1, -0.05) is 35.8 Å². The first-order valence-corrected chi connectivity index (χ1v) is 7.77. The number of nitrogens with one attached hydrogen (secondary N) is 1. The number of benzene rings is 2. The van der Waals surface area contributed by atoms with Crippen molar-refractivity contribution in [3.05, 3.63) is 58.3 Å². The molecule has 2 aromatic rings. The Labute approximate surface area is 133 Å². The van der Waals surface area contributed by atoms with Gasteiger partial charge < -0.3 is 10.1 Å². The Kier molecular flexibility index (Phi) is 5.62. The van der Waals surface area contributed by atoms with E-state index in [1.165, 1.54) is 17.7 Å². The molecule has 112 valence electrons. The second kappa shape index (κ2) is 7.46. The van der Waals surface area contributed by atoms with Crippen LogP contribution in [0.15, 0.2) is 46.9 Å². The summed E-state index contributed by atoms with van der Waals surface area (Å²) in [6.45, 7) is 5.42. The van der Waals surface area contributed by atoms with Crippen molar-refractivity contribution in [2.24, 2.45) is 0 Å². The molecule has 0 amide bonds. The maximum atomic E-state index is 13.0. The second-order valence-corrected chi connectivity index (χ2v) is 6.04. The minimum Gasteiger partial charge on any atom is -0.491 e. The van der Waals surface area contributed by atoms with Crippen LogP contribution in [-0.4, -0.2) is 13.2 Å². The number of anilines is 1. The lowest BCUT2D eigenvalue weighted by Crippen LogP contribution is -2.12. The van der Waals surface area contributed by atoms with Crippen LogP contribution in [0.25, 0.3) is 0 Å². The van der Waals surface area contributed by atoms with Gasteiger partial charge >= 0.3 is 0 Å². The van der Waals surface area contributed by atoms with E-state index in [1.807, 2.05) is 18.2 Å². The van der Waals surface area contributed by atoms with Gasteiger partial charge in [-0.2, -0.15) is 0 Å². The predicted molar refractivity (Wildman–Crippen MR) is 88.6 cm³/mol. The molecule has 0 unspecified atom stereocenters. The highest BCUT2D eigenvalue weighted by Gasteiger charge is 2.08. The Bertz CT molecular complexity index is 601. The zero-order valence-corrected chi connectivity index (χ0v) is 13.8. The molecule has 0 bridgehead atoms. The molecular formula is C17H19BrFNO. The van der Waals surface area contributed by atoms with E-state index in [2.05, 4.69) is 41.2 Å². The first kappa shape index (κ1) is 15.8. The SMILES string of the molecule is CC(C)c1cc(Br)ccc1OCCNc1cccc(F)c1. The van der Waals surface area contributed by atoms with Gasteiger partial charge in [0.05, 0.1) is 0 Å². The molecule has 1 N–H and O–H groups in total. The fraction of sp³-hybridized carbons (Fsp3) is 0.294. The minimum absolute atomic E-state index is 0.240. The fourth-order valence-corrected chi connectivity index (χ4v) is 2.44. The van der Waals surface area contributed by atoms with E-state index < -0.39 is 0 Å². The third-order valence-electron chi connectivity index (χ3n) is 3.11. The van der Waals surface area contributed by atoms with Crippen molar-refractivity contribution in [1.82, 2.24) is 0 Å². The van der Waals surface area contributed by atoms with Gasteiger partial charge in [0.25, 0.3) is 0 Å². The monoisotopic (exact) mass is 351 g/mol. The fourth-order valence-electron chi connectivity index (χ4n) is 2.06. The van der Waals surface area contributed by atoms with Gasteiger partial charge in [-0.05, 0) is 47.9 Å². The van der Waals surface area contributed by atoms with Crippen molar-refractivity contribution in [2.75, 3.05) is 18.5 Å². The first-order chi connectivity index (χ1) is 10.1. The molecule has 2 nitrogen and oxygen atoms in total. The normalized spacial score (nSPS) is 10.7. The predicted octanol–water partition coefficient (Wildman–Crippen LogP) is 5.20. The van der Waals surface area contributed by atoms with E-state index in [4.69, 9.17) is 4.74 Å². The molecule has 0 aromatic heterocycles. The molecule has 0 spiro atoms. The highest BCUT2D eigenvalue weighted by molar-refractivity contribution is 9.10. The number of rotatable bonds is 6. The average Bonchev–Trinajstić information content (AvgIpc) is 2.44. The van der Waals surface area contributed by atoms with Crippen LogP contribution in [0.1, 0.15) is 25.3 Å². The molecule has 0 aliphatic carbocycles. The maximum absolute atomic E-state index is 13.0. The summed E-state index contributed by atoms with van der Waals surface area (Å²) in [5.74, 6) is 1.05. The van der Waals surface area contributed by atoms with Crippen molar-refractivity contribution < 1.29 is 9.13 Å². The van der Waals surface area contributed by atoms with E-state index in [1.54, 1.807) is 6.07 Å². The molecule has 2 rings (SSSR count). The molecule has 2 aromatic carbocycles. The second-order valence-electron chi connectivity index (χ2n) is 5.12. The van der Waals surface area contributed by atoms with Gasteiger partial charge in [0.1, 0.15) is 18.2 Å².